The number of hydrogen-bond donors (Lipinski definition) is 1. The van der Waals surface area contributed by atoms with Crippen molar-refractivity contribution in [1.82, 2.24) is 14.9 Å². The number of halogens is 1. The van der Waals surface area contributed by atoms with Gasteiger partial charge in [0.25, 0.3) is 5.91 Å². The largest absolute Gasteiger partial charge is 0.493 e. The van der Waals surface area contributed by atoms with Crippen molar-refractivity contribution in [2.75, 3.05) is 13.2 Å². The summed E-state index contributed by atoms with van der Waals surface area (Å²) in [7, 11) is 0. The van der Waals surface area contributed by atoms with Gasteiger partial charge in [0.05, 0.1) is 17.6 Å². The van der Waals surface area contributed by atoms with Gasteiger partial charge in [0, 0.05) is 30.1 Å². The van der Waals surface area contributed by atoms with Gasteiger partial charge in [-0.05, 0) is 85.7 Å². The number of nitrogens with one attached hydrogen (secondary N) is 1. The minimum absolute atomic E-state index is 0.0585. The fraction of sp³-hybridized carbons (Fsp3) is 0.375. The molecule has 0 bridgehead atoms. The molecule has 0 spiro atoms. The molecule has 5 nitrogen and oxygen atoms in total. The lowest BCUT2D eigenvalue weighted by atomic mass is 10.0. The van der Waals surface area contributed by atoms with Gasteiger partial charge in [0.15, 0.2) is 0 Å². The third-order valence-electron chi connectivity index (χ3n) is 6.78. The Hall–Kier alpha value is -3.31. The summed E-state index contributed by atoms with van der Waals surface area (Å²) in [6.45, 7) is 8.71. The van der Waals surface area contributed by atoms with E-state index >= 15 is 0 Å². The minimum atomic E-state index is -0.0585. The van der Waals surface area contributed by atoms with Gasteiger partial charge < -0.3 is 14.6 Å². The molecule has 1 heterocycles. The maximum Gasteiger partial charge on any atom is 0.251 e. The average molecular weight is 532 g/mol. The predicted molar refractivity (Wildman–Crippen MR) is 156 cm³/mol. The fourth-order valence-electron chi connectivity index (χ4n) is 4.70. The SMILES string of the molecule is Cc1ccc(C(C)C)c(OCCCn2c(CCCCCNC(=O)c3ccc(Cl)cc3)nc3ccccc32)c1. The number of fused-ring (bicyclic) bond motifs is 1. The smallest absolute Gasteiger partial charge is 0.251 e. The number of aryl methyl sites for hydroxylation is 3. The van der Waals surface area contributed by atoms with Crippen LogP contribution in [0.2, 0.25) is 5.02 Å². The number of aromatic nitrogens is 2. The van der Waals surface area contributed by atoms with Crippen molar-refractivity contribution in [2.24, 2.45) is 0 Å². The summed E-state index contributed by atoms with van der Waals surface area (Å²) in [5, 5.41) is 3.63. The van der Waals surface area contributed by atoms with E-state index in [-0.39, 0.29) is 5.91 Å². The molecule has 1 aromatic heterocycles. The van der Waals surface area contributed by atoms with Gasteiger partial charge in [-0.15, -0.1) is 0 Å². The van der Waals surface area contributed by atoms with Gasteiger partial charge in [-0.2, -0.15) is 0 Å². The summed E-state index contributed by atoms with van der Waals surface area (Å²) in [5.41, 5.74) is 5.33. The molecule has 0 unspecified atom stereocenters. The van der Waals surface area contributed by atoms with E-state index in [1.165, 1.54) is 16.6 Å². The highest BCUT2D eigenvalue weighted by Gasteiger charge is 2.12. The van der Waals surface area contributed by atoms with Gasteiger partial charge in [-0.25, -0.2) is 4.98 Å². The Labute approximate surface area is 231 Å². The van der Waals surface area contributed by atoms with E-state index in [0.717, 1.165) is 55.7 Å². The van der Waals surface area contributed by atoms with Crippen LogP contribution in [0.3, 0.4) is 0 Å². The fourth-order valence-corrected chi connectivity index (χ4v) is 4.83. The second-order valence-electron chi connectivity index (χ2n) is 10.1. The molecule has 0 fully saturated rings. The number of imidazole rings is 1. The molecule has 0 saturated carbocycles. The summed E-state index contributed by atoms with van der Waals surface area (Å²) in [4.78, 5) is 17.2. The zero-order valence-electron chi connectivity index (χ0n) is 22.7. The van der Waals surface area contributed by atoms with E-state index in [1.54, 1.807) is 24.3 Å². The summed E-state index contributed by atoms with van der Waals surface area (Å²) >= 11 is 5.90. The lowest BCUT2D eigenvalue weighted by molar-refractivity contribution is 0.0953. The first-order chi connectivity index (χ1) is 18.4. The number of benzene rings is 3. The van der Waals surface area contributed by atoms with Crippen LogP contribution in [-0.4, -0.2) is 28.6 Å². The second-order valence-corrected chi connectivity index (χ2v) is 10.6. The normalized spacial score (nSPS) is 11.3. The topological polar surface area (TPSA) is 56.1 Å². The van der Waals surface area contributed by atoms with E-state index in [0.29, 0.717) is 29.7 Å². The number of amides is 1. The molecule has 0 saturated heterocycles. The third-order valence-corrected chi connectivity index (χ3v) is 7.03. The molecular formula is C32H38ClN3O2. The number of carbonyl (C=O) groups excluding carboxylic acids is 1. The van der Waals surface area contributed by atoms with E-state index in [4.69, 9.17) is 21.3 Å². The van der Waals surface area contributed by atoms with Crippen molar-refractivity contribution >= 4 is 28.5 Å². The molecular weight excluding hydrogens is 494 g/mol. The van der Waals surface area contributed by atoms with Crippen LogP contribution in [0.25, 0.3) is 11.0 Å². The minimum Gasteiger partial charge on any atom is -0.493 e. The standard InChI is InChI=1S/C32H38ClN3O2/c1-23(2)27-18-13-24(3)22-30(27)38-21-9-20-36-29-11-7-6-10-28(29)35-31(36)12-5-4-8-19-34-32(37)25-14-16-26(33)17-15-25/h6-7,10-11,13-18,22-23H,4-5,8-9,12,19-21H2,1-3H3,(H,34,37). The van der Waals surface area contributed by atoms with Gasteiger partial charge in [0.2, 0.25) is 0 Å². The molecule has 1 amide bonds. The highest BCUT2D eigenvalue weighted by Crippen LogP contribution is 2.28. The number of rotatable bonds is 13. The van der Waals surface area contributed by atoms with E-state index in [1.807, 2.05) is 6.07 Å². The first kappa shape index (κ1) is 27.7. The quantitative estimate of drug-likeness (QED) is 0.179. The van der Waals surface area contributed by atoms with Crippen molar-refractivity contribution in [2.45, 2.75) is 65.3 Å². The summed E-state index contributed by atoms with van der Waals surface area (Å²) < 4.78 is 8.59. The Kier molecular flexibility index (Phi) is 9.83. The monoisotopic (exact) mass is 531 g/mol. The molecule has 38 heavy (non-hydrogen) atoms. The van der Waals surface area contributed by atoms with Gasteiger partial charge in [-0.3, -0.25) is 4.79 Å². The molecule has 200 valence electrons. The Morgan fingerprint density at radius 2 is 1.79 bits per heavy atom. The lowest BCUT2D eigenvalue weighted by Crippen LogP contribution is -2.24. The Bertz CT molecular complexity index is 1340. The van der Waals surface area contributed by atoms with Crippen molar-refractivity contribution in [3.05, 3.63) is 94.3 Å². The first-order valence-corrected chi connectivity index (χ1v) is 14.0. The van der Waals surface area contributed by atoms with Crippen LogP contribution in [0.1, 0.15) is 72.8 Å². The third kappa shape index (κ3) is 7.38. The molecule has 0 radical (unpaired) electrons. The maximum atomic E-state index is 12.3. The zero-order chi connectivity index (χ0) is 26.9. The Morgan fingerprint density at radius 3 is 2.58 bits per heavy atom. The predicted octanol–water partition coefficient (Wildman–Crippen LogP) is 7.73. The Balaban J connectivity index is 1.27. The second kappa shape index (κ2) is 13.5. The van der Waals surface area contributed by atoms with Crippen molar-refractivity contribution in [3.63, 3.8) is 0 Å². The average Bonchev–Trinajstić information content (AvgIpc) is 3.26. The van der Waals surface area contributed by atoms with E-state index in [9.17, 15) is 4.79 Å². The highest BCUT2D eigenvalue weighted by molar-refractivity contribution is 6.30. The molecule has 0 aliphatic carbocycles. The number of nitrogens with zero attached hydrogens (tertiary/aromatic N) is 2. The van der Waals surface area contributed by atoms with Crippen molar-refractivity contribution in [1.29, 1.82) is 0 Å². The summed E-state index contributed by atoms with van der Waals surface area (Å²) in [6.07, 6.45) is 4.81. The lowest BCUT2D eigenvalue weighted by Gasteiger charge is -2.15. The van der Waals surface area contributed by atoms with Crippen LogP contribution in [0.15, 0.2) is 66.7 Å². The van der Waals surface area contributed by atoms with Crippen LogP contribution in [0, 0.1) is 6.92 Å². The summed E-state index contributed by atoms with van der Waals surface area (Å²) in [5.74, 6) is 2.49. The van der Waals surface area contributed by atoms with Crippen molar-refractivity contribution in [3.8, 4) is 5.75 Å². The molecule has 4 rings (SSSR count). The van der Waals surface area contributed by atoms with E-state index < -0.39 is 0 Å². The number of unbranched alkanes of at least 4 members (excludes halogenated alkanes) is 2. The van der Waals surface area contributed by atoms with E-state index in [2.05, 4.69) is 67.1 Å². The van der Waals surface area contributed by atoms with Crippen LogP contribution in [-0.2, 0) is 13.0 Å². The van der Waals surface area contributed by atoms with Crippen LogP contribution in [0.5, 0.6) is 5.75 Å². The molecule has 0 atom stereocenters. The van der Waals surface area contributed by atoms with Gasteiger partial charge in [0.1, 0.15) is 11.6 Å². The molecule has 1 N–H and O–H groups in total. The summed E-state index contributed by atoms with van der Waals surface area (Å²) in [6, 6.07) is 21.8. The van der Waals surface area contributed by atoms with Gasteiger partial charge >= 0.3 is 0 Å². The maximum absolute atomic E-state index is 12.3. The van der Waals surface area contributed by atoms with Crippen LogP contribution >= 0.6 is 11.6 Å². The first-order valence-electron chi connectivity index (χ1n) is 13.6. The van der Waals surface area contributed by atoms with Crippen LogP contribution in [0.4, 0.5) is 0 Å². The van der Waals surface area contributed by atoms with Crippen LogP contribution < -0.4 is 10.1 Å². The zero-order valence-corrected chi connectivity index (χ0v) is 23.4. The molecule has 4 aromatic rings. The molecule has 3 aromatic carbocycles. The molecule has 6 heteroatoms. The van der Waals surface area contributed by atoms with Crippen molar-refractivity contribution < 1.29 is 9.53 Å². The highest BCUT2D eigenvalue weighted by atomic mass is 35.5. The molecule has 0 aliphatic rings. The number of para-hydroxylation sites is 2. The Morgan fingerprint density at radius 1 is 1.00 bits per heavy atom. The number of carbonyl (C=O) groups is 1. The molecule has 0 aliphatic heterocycles. The van der Waals surface area contributed by atoms with Gasteiger partial charge in [-0.1, -0.05) is 56.1 Å². The number of ether oxygens (including phenoxy) is 1. The number of hydrogen-bond acceptors (Lipinski definition) is 3.